The molecule has 0 aliphatic carbocycles. The largest absolute Gasteiger partial charge is 0.493 e. The Labute approximate surface area is 196 Å². The van der Waals surface area contributed by atoms with E-state index in [0.29, 0.717) is 0 Å². The van der Waals surface area contributed by atoms with Crippen LogP contribution in [0.2, 0.25) is 0 Å². The number of nitrogens with two attached hydrogens (primary N) is 1. The number of hydrogen-bond donors (Lipinski definition) is 2. The van der Waals surface area contributed by atoms with E-state index in [2.05, 4.69) is 22.3 Å². The van der Waals surface area contributed by atoms with Crippen molar-refractivity contribution < 1.29 is 19.0 Å². The summed E-state index contributed by atoms with van der Waals surface area (Å²) in [5.41, 5.74) is 10.2. The molecular formula is C22H31Cl2N3O4. The molecular weight excluding hydrogens is 441 g/mol. The van der Waals surface area contributed by atoms with Crippen LogP contribution < -0.4 is 20.5 Å². The highest BCUT2D eigenvalue weighted by Crippen LogP contribution is 2.33. The van der Waals surface area contributed by atoms with Gasteiger partial charge in [-0.3, -0.25) is 9.69 Å². The number of methoxy groups -OCH3 is 3. The molecule has 0 spiro atoms. The molecule has 3 N–H and O–H groups in total. The van der Waals surface area contributed by atoms with Gasteiger partial charge in [0.1, 0.15) is 6.04 Å². The number of benzene rings is 2. The first-order chi connectivity index (χ1) is 14.0. The van der Waals surface area contributed by atoms with E-state index in [4.69, 9.17) is 19.9 Å². The second-order valence-electron chi connectivity index (χ2n) is 7.14. The molecule has 2 aromatic carbocycles. The monoisotopic (exact) mass is 471 g/mol. The van der Waals surface area contributed by atoms with E-state index in [1.165, 1.54) is 18.2 Å². The fourth-order valence-electron chi connectivity index (χ4n) is 3.58. The lowest BCUT2D eigenvalue weighted by Gasteiger charge is -2.30. The Balaban J connectivity index is 0.00000240. The first-order valence-corrected chi connectivity index (χ1v) is 9.65. The SMILES string of the molecule is COCC(N)C(=O)Nc1ccccc1CN1CCc2cc(OC)c(OC)cc2C1.Cl.Cl. The summed E-state index contributed by atoms with van der Waals surface area (Å²) in [4.78, 5) is 14.6. The number of ether oxygens (including phenoxy) is 3. The van der Waals surface area contributed by atoms with Crippen molar-refractivity contribution in [3.05, 3.63) is 53.1 Å². The van der Waals surface area contributed by atoms with Crippen LogP contribution in [0.15, 0.2) is 36.4 Å². The highest BCUT2D eigenvalue weighted by Gasteiger charge is 2.21. The van der Waals surface area contributed by atoms with E-state index < -0.39 is 6.04 Å². The molecule has 0 saturated carbocycles. The zero-order valence-corrected chi connectivity index (χ0v) is 19.7. The van der Waals surface area contributed by atoms with Crippen molar-refractivity contribution in [2.24, 2.45) is 5.73 Å². The molecule has 0 bridgehead atoms. The van der Waals surface area contributed by atoms with Crippen LogP contribution >= 0.6 is 24.8 Å². The van der Waals surface area contributed by atoms with Crippen LogP contribution in [0.4, 0.5) is 5.69 Å². The minimum atomic E-state index is -0.697. The van der Waals surface area contributed by atoms with Crippen LogP contribution in [-0.4, -0.2) is 51.3 Å². The maximum absolute atomic E-state index is 12.3. The van der Waals surface area contributed by atoms with Gasteiger partial charge in [-0.05, 0) is 41.3 Å². The molecule has 0 saturated heterocycles. The molecule has 0 radical (unpaired) electrons. The number of para-hydroxylation sites is 1. The molecule has 3 rings (SSSR count). The summed E-state index contributed by atoms with van der Waals surface area (Å²) in [5, 5.41) is 2.93. The quantitative estimate of drug-likeness (QED) is 0.615. The molecule has 2 aromatic rings. The van der Waals surface area contributed by atoms with E-state index >= 15 is 0 Å². The first-order valence-electron chi connectivity index (χ1n) is 9.65. The number of nitrogens with one attached hydrogen (secondary N) is 1. The Morgan fingerprint density at radius 1 is 1.10 bits per heavy atom. The zero-order chi connectivity index (χ0) is 20.8. The van der Waals surface area contributed by atoms with Gasteiger partial charge in [0.15, 0.2) is 11.5 Å². The Morgan fingerprint density at radius 2 is 1.74 bits per heavy atom. The summed E-state index contributed by atoms with van der Waals surface area (Å²) >= 11 is 0. The molecule has 0 aromatic heterocycles. The molecule has 1 atom stereocenters. The molecule has 1 aliphatic heterocycles. The van der Waals surface area contributed by atoms with Crippen LogP contribution in [0, 0.1) is 0 Å². The molecule has 1 heterocycles. The number of carbonyl (C=O) groups is 1. The van der Waals surface area contributed by atoms with Crippen molar-refractivity contribution in [1.29, 1.82) is 0 Å². The van der Waals surface area contributed by atoms with Gasteiger partial charge in [-0.2, -0.15) is 0 Å². The lowest BCUT2D eigenvalue weighted by Crippen LogP contribution is -2.39. The standard InChI is InChI=1S/C22H29N3O4.2ClH/c1-27-14-18(23)22(26)24-19-7-5-4-6-16(19)12-25-9-8-15-10-20(28-2)21(29-3)11-17(15)13-25;;/h4-7,10-11,18H,8-9,12-14,23H2,1-3H3,(H,24,26);2*1H. The van der Waals surface area contributed by atoms with Gasteiger partial charge in [-0.25, -0.2) is 0 Å². The minimum absolute atomic E-state index is 0. The number of hydrogen-bond acceptors (Lipinski definition) is 6. The molecule has 0 fully saturated rings. The lowest BCUT2D eigenvalue weighted by molar-refractivity contribution is -0.118. The van der Waals surface area contributed by atoms with E-state index in [9.17, 15) is 4.79 Å². The van der Waals surface area contributed by atoms with Gasteiger partial charge in [-0.15, -0.1) is 24.8 Å². The average molecular weight is 472 g/mol. The first kappa shape index (κ1) is 27.0. The Bertz CT molecular complexity index is 867. The predicted octanol–water partition coefficient (Wildman–Crippen LogP) is 3.02. The van der Waals surface area contributed by atoms with E-state index in [-0.39, 0.29) is 37.3 Å². The number of carbonyl (C=O) groups excluding carboxylic acids is 1. The summed E-state index contributed by atoms with van der Waals surface area (Å²) in [6.45, 7) is 2.64. The van der Waals surface area contributed by atoms with Crippen molar-refractivity contribution in [2.75, 3.05) is 39.8 Å². The van der Waals surface area contributed by atoms with Crippen LogP contribution in [0.3, 0.4) is 0 Å². The Morgan fingerprint density at radius 3 is 2.39 bits per heavy atom. The predicted molar refractivity (Wildman–Crippen MR) is 127 cm³/mol. The molecule has 1 amide bonds. The summed E-state index contributed by atoms with van der Waals surface area (Å²) in [7, 11) is 4.83. The average Bonchev–Trinajstić information content (AvgIpc) is 2.74. The maximum atomic E-state index is 12.3. The van der Waals surface area contributed by atoms with Crippen LogP contribution in [0.5, 0.6) is 11.5 Å². The number of anilines is 1. The molecule has 1 unspecified atom stereocenters. The van der Waals surface area contributed by atoms with Crippen LogP contribution in [0.1, 0.15) is 16.7 Å². The number of nitrogens with zero attached hydrogens (tertiary/aromatic N) is 1. The van der Waals surface area contributed by atoms with Gasteiger partial charge >= 0.3 is 0 Å². The van der Waals surface area contributed by atoms with Crippen molar-refractivity contribution in [2.45, 2.75) is 25.6 Å². The van der Waals surface area contributed by atoms with Crippen LogP contribution in [-0.2, 0) is 29.0 Å². The van der Waals surface area contributed by atoms with Crippen LogP contribution in [0.25, 0.3) is 0 Å². The van der Waals surface area contributed by atoms with Crippen molar-refractivity contribution in [3.63, 3.8) is 0 Å². The van der Waals surface area contributed by atoms with Gasteiger partial charge in [0.05, 0.1) is 20.8 Å². The topological polar surface area (TPSA) is 86.0 Å². The zero-order valence-electron chi connectivity index (χ0n) is 18.1. The summed E-state index contributed by atoms with van der Waals surface area (Å²) < 4.78 is 15.8. The van der Waals surface area contributed by atoms with Crippen molar-refractivity contribution >= 4 is 36.4 Å². The summed E-state index contributed by atoms with van der Waals surface area (Å²) in [5.74, 6) is 1.26. The highest BCUT2D eigenvalue weighted by molar-refractivity contribution is 5.95. The highest BCUT2D eigenvalue weighted by atomic mass is 35.5. The smallest absolute Gasteiger partial charge is 0.243 e. The summed E-state index contributed by atoms with van der Waals surface area (Å²) in [6, 6.07) is 11.2. The lowest BCUT2D eigenvalue weighted by atomic mass is 9.98. The number of rotatable bonds is 8. The van der Waals surface area contributed by atoms with Crippen molar-refractivity contribution in [3.8, 4) is 11.5 Å². The van der Waals surface area contributed by atoms with E-state index in [0.717, 1.165) is 48.8 Å². The number of amides is 1. The number of fused-ring (bicyclic) bond motifs is 1. The van der Waals surface area contributed by atoms with Gasteiger partial charge < -0.3 is 25.3 Å². The third-order valence-corrected chi connectivity index (χ3v) is 5.15. The fourth-order valence-corrected chi connectivity index (χ4v) is 3.58. The van der Waals surface area contributed by atoms with Gasteiger partial charge in [-0.1, -0.05) is 18.2 Å². The fraction of sp³-hybridized carbons (Fsp3) is 0.409. The second kappa shape index (κ2) is 12.7. The third kappa shape index (κ3) is 6.72. The van der Waals surface area contributed by atoms with E-state index in [1.807, 2.05) is 24.3 Å². The second-order valence-corrected chi connectivity index (χ2v) is 7.14. The summed E-state index contributed by atoms with van der Waals surface area (Å²) in [6.07, 6.45) is 0.933. The Kier molecular flexibility index (Phi) is 11.1. The maximum Gasteiger partial charge on any atom is 0.243 e. The van der Waals surface area contributed by atoms with Gasteiger partial charge in [0.25, 0.3) is 0 Å². The van der Waals surface area contributed by atoms with Gasteiger partial charge in [0, 0.05) is 32.4 Å². The van der Waals surface area contributed by atoms with Gasteiger partial charge in [0.2, 0.25) is 5.91 Å². The number of halogens is 2. The van der Waals surface area contributed by atoms with E-state index in [1.54, 1.807) is 14.2 Å². The van der Waals surface area contributed by atoms with Crippen molar-refractivity contribution in [1.82, 2.24) is 4.90 Å². The Hall–Kier alpha value is -2.03. The minimum Gasteiger partial charge on any atom is -0.493 e. The molecule has 9 heteroatoms. The normalized spacial score (nSPS) is 13.8. The third-order valence-electron chi connectivity index (χ3n) is 5.15. The molecule has 7 nitrogen and oxygen atoms in total. The molecule has 31 heavy (non-hydrogen) atoms. The molecule has 1 aliphatic rings. The molecule has 172 valence electrons.